The van der Waals surface area contributed by atoms with Crippen molar-refractivity contribution in [2.24, 2.45) is 12.0 Å². The molecule has 1 aromatic carbocycles. The Morgan fingerprint density at radius 2 is 1.89 bits per heavy atom. The quantitative estimate of drug-likeness (QED) is 0.219. The SMILES string of the molecule is CSCCNC(=NCc1nnc(C)n1C)NCCCN(C)c1ccccc1.I. The Balaban J connectivity index is 0.00000392. The van der Waals surface area contributed by atoms with Gasteiger partial charge in [0.25, 0.3) is 0 Å². The van der Waals surface area contributed by atoms with Crippen LogP contribution >= 0.6 is 35.7 Å². The lowest BCUT2D eigenvalue weighted by Gasteiger charge is -2.19. The second kappa shape index (κ2) is 13.6. The molecular formula is C19H32IN7S. The predicted molar refractivity (Wildman–Crippen MR) is 131 cm³/mol. The molecule has 2 N–H and O–H groups in total. The molecule has 0 bridgehead atoms. The van der Waals surface area contributed by atoms with Gasteiger partial charge < -0.3 is 20.1 Å². The van der Waals surface area contributed by atoms with Crippen molar-refractivity contribution in [1.29, 1.82) is 0 Å². The molecule has 0 saturated heterocycles. The van der Waals surface area contributed by atoms with Gasteiger partial charge in [0, 0.05) is 45.2 Å². The molecule has 1 aromatic heterocycles. The highest BCUT2D eigenvalue weighted by molar-refractivity contribution is 14.0. The van der Waals surface area contributed by atoms with Gasteiger partial charge in [0.15, 0.2) is 11.8 Å². The van der Waals surface area contributed by atoms with Crippen molar-refractivity contribution in [1.82, 2.24) is 25.4 Å². The van der Waals surface area contributed by atoms with E-state index in [1.165, 1.54) is 5.69 Å². The highest BCUT2D eigenvalue weighted by Gasteiger charge is 2.05. The van der Waals surface area contributed by atoms with Gasteiger partial charge in [0.05, 0.1) is 0 Å². The molecular weight excluding hydrogens is 485 g/mol. The first-order chi connectivity index (χ1) is 13.1. The number of aryl methyl sites for hydroxylation is 1. The zero-order valence-electron chi connectivity index (χ0n) is 17.2. The number of aromatic nitrogens is 3. The van der Waals surface area contributed by atoms with Crippen LogP contribution in [0.3, 0.4) is 0 Å². The number of nitrogens with one attached hydrogen (secondary N) is 2. The van der Waals surface area contributed by atoms with Crippen molar-refractivity contribution in [3.8, 4) is 0 Å². The number of hydrogen-bond acceptors (Lipinski definition) is 5. The predicted octanol–water partition coefficient (Wildman–Crippen LogP) is 2.67. The second-order valence-corrected chi connectivity index (χ2v) is 7.33. The average Bonchev–Trinajstić information content (AvgIpc) is 3.01. The maximum atomic E-state index is 4.66. The molecule has 9 heteroatoms. The summed E-state index contributed by atoms with van der Waals surface area (Å²) in [5.41, 5.74) is 1.24. The summed E-state index contributed by atoms with van der Waals surface area (Å²) in [5, 5.41) is 15.1. The van der Waals surface area contributed by atoms with Gasteiger partial charge in [-0.15, -0.1) is 34.2 Å². The molecule has 2 rings (SSSR count). The van der Waals surface area contributed by atoms with Crippen LogP contribution in [0.15, 0.2) is 35.3 Å². The fourth-order valence-corrected chi connectivity index (χ4v) is 2.83. The molecule has 0 spiro atoms. The number of halogens is 1. The molecule has 0 aliphatic carbocycles. The fraction of sp³-hybridized carbons (Fsp3) is 0.526. The van der Waals surface area contributed by atoms with Gasteiger partial charge in [-0.2, -0.15) is 11.8 Å². The third kappa shape index (κ3) is 8.26. The first kappa shape index (κ1) is 24.5. The lowest BCUT2D eigenvalue weighted by molar-refractivity contribution is 0.722. The highest BCUT2D eigenvalue weighted by atomic mass is 127. The number of para-hydroxylation sites is 1. The monoisotopic (exact) mass is 517 g/mol. The first-order valence-corrected chi connectivity index (χ1v) is 10.6. The Kier molecular flexibility index (Phi) is 12.0. The van der Waals surface area contributed by atoms with Crippen LogP contribution in [-0.2, 0) is 13.6 Å². The van der Waals surface area contributed by atoms with E-state index < -0.39 is 0 Å². The van der Waals surface area contributed by atoms with Gasteiger partial charge in [-0.3, -0.25) is 0 Å². The van der Waals surface area contributed by atoms with E-state index in [0.717, 1.165) is 49.4 Å². The van der Waals surface area contributed by atoms with Crippen molar-refractivity contribution in [3.05, 3.63) is 42.0 Å². The van der Waals surface area contributed by atoms with E-state index in [2.05, 4.69) is 68.3 Å². The van der Waals surface area contributed by atoms with E-state index in [1.807, 2.05) is 36.4 Å². The van der Waals surface area contributed by atoms with Gasteiger partial charge >= 0.3 is 0 Å². The van der Waals surface area contributed by atoms with E-state index in [-0.39, 0.29) is 24.0 Å². The van der Waals surface area contributed by atoms with Gasteiger partial charge in [-0.1, -0.05) is 18.2 Å². The van der Waals surface area contributed by atoms with Crippen molar-refractivity contribution in [2.75, 3.05) is 43.6 Å². The number of guanidine groups is 1. The standard InChI is InChI=1S/C19H31N7S.HI/c1-16-23-24-18(26(16)3)15-22-19(21-12-14-27-4)20-11-8-13-25(2)17-9-6-5-7-10-17;/h5-7,9-10H,8,11-15H2,1-4H3,(H2,20,21,22);1H. The zero-order chi connectivity index (χ0) is 19.5. The number of aliphatic imine (C=N–C) groups is 1. The molecule has 0 amide bonds. The van der Waals surface area contributed by atoms with E-state index in [9.17, 15) is 0 Å². The molecule has 0 aliphatic rings. The van der Waals surface area contributed by atoms with Crippen molar-refractivity contribution in [3.63, 3.8) is 0 Å². The minimum absolute atomic E-state index is 0. The summed E-state index contributed by atoms with van der Waals surface area (Å²) < 4.78 is 1.97. The molecule has 0 fully saturated rings. The minimum Gasteiger partial charge on any atom is -0.375 e. The normalized spacial score (nSPS) is 11.1. The van der Waals surface area contributed by atoms with Gasteiger partial charge in [-0.25, -0.2) is 4.99 Å². The largest absolute Gasteiger partial charge is 0.375 e. The Labute approximate surface area is 189 Å². The molecule has 28 heavy (non-hydrogen) atoms. The topological polar surface area (TPSA) is 70.4 Å². The molecule has 0 atom stereocenters. The summed E-state index contributed by atoms with van der Waals surface area (Å²) in [4.78, 5) is 6.93. The average molecular weight is 517 g/mol. The van der Waals surface area contributed by atoms with Crippen LogP contribution in [-0.4, -0.2) is 59.4 Å². The third-order valence-electron chi connectivity index (χ3n) is 4.32. The Bertz CT molecular complexity index is 706. The van der Waals surface area contributed by atoms with Crippen LogP contribution in [0.5, 0.6) is 0 Å². The fourth-order valence-electron chi connectivity index (χ4n) is 2.52. The number of rotatable bonds is 10. The van der Waals surface area contributed by atoms with Crippen molar-refractivity contribution >= 4 is 47.4 Å². The Morgan fingerprint density at radius 3 is 2.54 bits per heavy atom. The van der Waals surface area contributed by atoms with Crippen LogP contribution in [0.2, 0.25) is 0 Å². The van der Waals surface area contributed by atoms with E-state index in [1.54, 1.807) is 0 Å². The van der Waals surface area contributed by atoms with Gasteiger partial charge in [0.2, 0.25) is 0 Å². The molecule has 1 heterocycles. The summed E-state index contributed by atoms with van der Waals surface area (Å²) in [6.45, 7) is 5.18. The van der Waals surface area contributed by atoms with Crippen LogP contribution < -0.4 is 15.5 Å². The minimum atomic E-state index is 0. The van der Waals surface area contributed by atoms with Crippen LogP contribution in [0.4, 0.5) is 5.69 Å². The summed E-state index contributed by atoms with van der Waals surface area (Å²) in [6, 6.07) is 10.4. The maximum absolute atomic E-state index is 4.66. The molecule has 0 unspecified atom stereocenters. The number of hydrogen-bond donors (Lipinski definition) is 2. The van der Waals surface area contributed by atoms with Gasteiger partial charge in [0.1, 0.15) is 12.4 Å². The molecule has 7 nitrogen and oxygen atoms in total. The molecule has 0 aliphatic heterocycles. The Morgan fingerprint density at radius 1 is 1.18 bits per heavy atom. The third-order valence-corrected chi connectivity index (χ3v) is 4.93. The van der Waals surface area contributed by atoms with Crippen molar-refractivity contribution < 1.29 is 0 Å². The Hall–Kier alpha value is -1.49. The summed E-state index contributed by atoms with van der Waals surface area (Å²) in [5.74, 6) is 3.63. The maximum Gasteiger partial charge on any atom is 0.191 e. The number of benzene rings is 1. The second-order valence-electron chi connectivity index (χ2n) is 6.34. The number of thioether (sulfide) groups is 1. The smallest absolute Gasteiger partial charge is 0.191 e. The summed E-state index contributed by atoms with van der Waals surface area (Å²) >= 11 is 1.82. The van der Waals surface area contributed by atoms with Crippen LogP contribution in [0.25, 0.3) is 0 Å². The molecule has 156 valence electrons. The van der Waals surface area contributed by atoms with E-state index in [0.29, 0.717) is 6.54 Å². The highest BCUT2D eigenvalue weighted by Crippen LogP contribution is 2.10. The first-order valence-electron chi connectivity index (χ1n) is 9.24. The lowest BCUT2D eigenvalue weighted by Crippen LogP contribution is -2.39. The van der Waals surface area contributed by atoms with Crippen LogP contribution in [0.1, 0.15) is 18.1 Å². The number of anilines is 1. The van der Waals surface area contributed by atoms with Crippen molar-refractivity contribution in [2.45, 2.75) is 19.9 Å². The zero-order valence-corrected chi connectivity index (χ0v) is 20.3. The molecule has 0 radical (unpaired) electrons. The molecule has 2 aromatic rings. The van der Waals surface area contributed by atoms with E-state index >= 15 is 0 Å². The van der Waals surface area contributed by atoms with Crippen LogP contribution in [0, 0.1) is 6.92 Å². The lowest BCUT2D eigenvalue weighted by atomic mass is 10.3. The summed E-state index contributed by atoms with van der Waals surface area (Å²) in [6.07, 6.45) is 3.13. The molecule has 0 saturated carbocycles. The summed E-state index contributed by atoms with van der Waals surface area (Å²) in [7, 11) is 4.09. The number of nitrogens with zero attached hydrogens (tertiary/aromatic N) is 5. The van der Waals surface area contributed by atoms with Gasteiger partial charge in [-0.05, 0) is 31.7 Å². The van der Waals surface area contributed by atoms with E-state index in [4.69, 9.17) is 0 Å².